The number of benzene rings is 2. The Labute approximate surface area is 188 Å². The number of rotatable bonds is 11. The van der Waals surface area contributed by atoms with Crippen LogP contribution in [0.1, 0.15) is 43.9 Å². The summed E-state index contributed by atoms with van der Waals surface area (Å²) in [6, 6.07) is 22.0. The zero-order valence-electron chi connectivity index (χ0n) is 18.1. The zero-order valence-corrected chi connectivity index (χ0v) is 18.1. The van der Waals surface area contributed by atoms with Crippen LogP contribution in [0.15, 0.2) is 72.8 Å². The van der Waals surface area contributed by atoms with Crippen LogP contribution in [0.4, 0.5) is 8.78 Å². The molecular weight excluding hydrogens is 408 g/mol. The van der Waals surface area contributed by atoms with E-state index in [0.29, 0.717) is 5.88 Å². The fourth-order valence-corrected chi connectivity index (χ4v) is 3.86. The molecule has 0 radical (unpaired) electrons. The van der Waals surface area contributed by atoms with Gasteiger partial charge in [0.05, 0.1) is 5.41 Å². The molecule has 0 spiro atoms. The van der Waals surface area contributed by atoms with Crippen molar-refractivity contribution in [1.82, 2.24) is 4.98 Å². The number of aromatic nitrogens is 1. The highest BCUT2D eigenvalue weighted by Gasteiger charge is 2.28. The van der Waals surface area contributed by atoms with Crippen molar-refractivity contribution in [1.29, 1.82) is 0 Å². The maximum absolute atomic E-state index is 12.5. The van der Waals surface area contributed by atoms with Gasteiger partial charge < -0.3 is 9.47 Å². The summed E-state index contributed by atoms with van der Waals surface area (Å²) in [5, 5.41) is 0. The van der Waals surface area contributed by atoms with Gasteiger partial charge in [-0.05, 0) is 61.6 Å². The maximum atomic E-state index is 12.5. The molecule has 0 N–H and O–H groups in total. The van der Waals surface area contributed by atoms with Gasteiger partial charge in [-0.15, -0.1) is 6.42 Å². The lowest BCUT2D eigenvalue weighted by Crippen LogP contribution is -2.24. The highest BCUT2D eigenvalue weighted by atomic mass is 19.3. The number of pyridine rings is 1. The summed E-state index contributed by atoms with van der Waals surface area (Å²) in [7, 11) is 0. The molecule has 1 heterocycles. The van der Waals surface area contributed by atoms with Crippen molar-refractivity contribution in [2.24, 2.45) is 0 Å². The fraction of sp³-hybridized carbons (Fsp3) is 0.296. The molecule has 0 saturated heterocycles. The van der Waals surface area contributed by atoms with Gasteiger partial charge in [-0.1, -0.05) is 55.7 Å². The van der Waals surface area contributed by atoms with Gasteiger partial charge in [0.25, 0.3) is 0 Å². The standard InChI is InChI=1S/C27H27F2NO2/c1-3-19-27(4-2,21-15-17-24(18-16-21)32-26(28)29)20-9-11-22-10-8-14-25(30-22)31-23-12-6-5-7-13-23/h2,5-8,10,12-18,26H,3,9,11,19-20H2,1H3. The van der Waals surface area contributed by atoms with E-state index in [2.05, 4.69) is 22.6 Å². The molecule has 5 heteroatoms. The van der Waals surface area contributed by atoms with Crippen molar-refractivity contribution in [2.45, 2.75) is 51.1 Å². The van der Waals surface area contributed by atoms with Crippen LogP contribution in [-0.2, 0) is 11.8 Å². The highest BCUT2D eigenvalue weighted by Crippen LogP contribution is 2.35. The average Bonchev–Trinajstić information content (AvgIpc) is 2.79. The molecular formula is C27H27F2NO2. The summed E-state index contributed by atoms with van der Waals surface area (Å²) in [5.41, 5.74) is 1.41. The molecule has 3 aromatic rings. The average molecular weight is 436 g/mol. The molecule has 0 aliphatic rings. The van der Waals surface area contributed by atoms with Crippen molar-refractivity contribution in [3.63, 3.8) is 0 Å². The first kappa shape index (κ1) is 23.3. The Morgan fingerprint density at radius 3 is 2.34 bits per heavy atom. The number of halogens is 2. The Kier molecular flexibility index (Phi) is 8.21. The second-order valence-corrected chi connectivity index (χ2v) is 7.62. The van der Waals surface area contributed by atoms with E-state index >= 15 is 0 Å². The molecule has 3 rings (SSSR count). The molecule has 0 amide bonds. The van der Waals surface area contributed by atoms with Gasteiger partial charge in [0.2, 0.25) is 5.88 Å². The number of ether oxygens (including phenoxy) is 2. The van der Waals surface area contributed by atoms with Crippen molar-refractivity contribution in [3.05, 3.63) is 84.1 Å². The Morgan fingerprint density at radius 2 is 1.69 bits per heavy atom. The molecule has 1 atom stereocenters. The number of terminal acetylenes is 1. The zero-order chi connectivity index (χ0) is 22.8. The summed E-state index contributed by atoms with van der Waals surface area (Å²) in [6.07, 6.45) is 10.1. The Morgan fingerprint density at radius 1 is 0.938 bits per heavy atom. The minimum Gasteiger partial charge on any atom is -0.439 e. The van der Waals surface area contributed by atoms with Gasteiger partial charge >= 0.3 is 6.61 Å². The normalized spacial score (nSPS) is 12.7. The lowest BCUT2D eigenvalue weighted by Gasteiger charge is -2.29. The van der Waals surface area contributed by atoms with Crippen molar-refractivity contribution in [3.8, 4) is 29.7 Å². The first-order valence-electron chi connectivity index (χ1n) is 10.8. The number of para-hydroxylation sites is 1. The van der Waals surface area contributed by atoms with Crippen LogP contribution in [0.5, 0.6) is 17.4 Å². The third-order valence-electron chi connectivity index (χ3n) is 5.37. The molecule has 32 heavy (non-hydrogen) atoms. The second kappa shape index (κ2) is 11.3. The van der Waals surface area contributed by atoms with Crippen LogP contribution < -0.4 is 9.47 Å². The van der Waals surface area contributed by atoms with E-state index in [0.717, 1.165) is 49.1 Å². The Balaban J connectivity index is 1.67. The molecule has 0 aliphatic carbocycles. The monoisotopic (exact) mass is 435 g/mol. The Bertz CT molecular complexity index is 1020. The summed E-state index contributed by atoms with van der Waals surface area (Å²) in [5.74, 6) is 4.42. The number of hydrogen-bond donors (Lipinski definition) is 0. The quantitative estimate of drug-likeness (QED) is 0.299. The largest absolute Gasteiger partial charge is 0.439 e. The minimum absolute atomic E-state index is 0.130. The SMILES string of the molecule is C#CC(CCC)(CCCc1cccc(Oc2ccccc2)n1)c1ccc(OC(F)F)cc1. The highest BCUT2D eigenvalue weighted by molar-refractivity contribution is 5.38. The first-order valence-corrected chi connectivity index (χ1v) is 10.8. The van der Waals surface area contributed by atoms with Crippen LogP contribution in [0.25, 0.3) is 0 Å². The lowest BCUT2D eigenvalue weighted by molar-refractivity contribution is -0.0498. The maximum Gasteiger partial charge on any atom is 0.387 e. The predicted octanol–water partition coefficient (Wildman–Crippen LogP) is 7.17. The van der Waals surface area contributed by atoms with E-state index < -0.39 is 12.0 Å². The van der Waals surface area contributed by atoms with E-state index in [1.54, 1.807) is 24.3 Å². The third-order valence-corrected chi connectivity index (χ3v) is 5.37. The number of alkyl halides is 2. The number of aryl methyl sites for hydroxylation is 1. The molecule has 3 nitrogen and oxygen atoms in total. The van der Waals surface area contributed by atoms with Crippen molar-refractivity contribution >= 4 is 0 Å². The fourth-order valence-electron chi connectivity index (χ4n) is 3.86. The van der Waals surface area contributed by atoms with E-state index in [1.807, 2.05) is 48.5 Å². The van der Waals surface area contributed by atoms with Crippen LogP contribution in [0.3, 0.4) is 0 Å². The van der Waals surface area contributed by atoms with Gasteiger partial charge in [0.15, 0.2) is 0 Å². The van der Waals surface area contributed by atoms with Crippen LogP contribution in [0.2, 0.25) is 0 Å². The molecule has 2 aromatic carbocycles. The molecule has 1 aromatic heterocycles. The summed E-state index contributed by atoms with van der Waals surface area (Å²) in [4.78, 5) is 4.61. The van der Waals surface area contributed by atoms with Crippen LogP contribution >= 0.6 is 0 Å². The predicted molar refractivity (Wildman–Crippen MR) is 122 cm³/mol. The summed E-state index contributed by atoms with van der Waals surface area (Å²) >= 11 is 0. The smallest absolute Gasteiger partial charge is 0.387 e. The molecule has 0 aliphatic heterocycles. The van der Waals surface area contributed by atoms with Gasteiger partial charge in [0, 0.05) is 11.8 Å². The van der Waals surface area contributed by atoms with Crippen molar-refractivity contribution in [2.75, 3.05) is 0 Å². The van der Waals surface area contributed by atoms with E-state index in [-0.39, 0.29) is 5.75 Å². The van der Waals surface area contributed by atoms with E-state index in [4.69, 9.17) is 11.2 Å². The number of nitrogens with zero attached hydrogens (tertiary/aromatic N) is 1. The van der Waals surface area contributed by atoms with Gasteiger partial charge in [0.1, 0.15) is 11.5 Å². The summed E-state index contributed by atoms with van der Waals surface area (Å²) in [6.45, 7) is -0.755. The van der Waals surface area contributed by atoms with Crippen LogP contribution in [-0.4, -0.2) is 11.6 Å². The van der Waals surface area contributed by atoms with Gasteiger partial charge in [-0.3, -0.25) is 0 Å². The van der Waals surface area contributed by atoms with E-state index in [1.165, 1.54) is 0 Å². The van der Waals surface area contributed by atoms with E-state index in [9.17, 15) is 8.78 Å². The Hall–Kier alpha value is -3.39. The van der Waals surface area contributed by atoms with Gasteiger partial charge in [-0.2, -0.15) is 8.78 Å². The summed E-state index contributed by atoms with van der Waals surface area (Å²) < 4.78 is 35.2. The third kappa shape index (κ3) is 6.31. The van der Waals surface area contributed by atoms with Crippen LogP contribution in [0, 0.1) is 12.3 Å². The topological polar surface area (TPSA) is 31.4 Å². The minimum atomic E-state index is -2.84. The van der Waals surface area contributed by atoms with Gasteiger partial charge in [-0.25, -0.2) is 4.98 Å². The molecule has 0 bridgehead atoms. The molecule has 166 valence electrons. The first-order chi connectivity index (χ1) is 15.5. The molecule has 0 fully saturated rings. The lowest BCUT2D eigenvalue weighted by atomic mass is 9.73. The molecule has 0 saturated carbocycles. The van der Waals surface area contributed by atoms with Crippen molar-refractivity contribution < 1.29 is 18.3 Å². The second-order valence-electron chi connectivity index (χ2n) is 7.62. The molecule has 1 unspecified atom stereocenters. The number of hydrogen-bond acceptors (Lipinski definition) is 3.